The molecule has 3 aliphatic heterocycles. The molecule has 1 N–H and O–H groups in total. The second-order valence-electron chi connectivity index (χ2n) is 13.8. The first-order valence-corrected chi connectivity index (χ1v) is 18.1. The maximum atomic E-state index is 14.4. The molecule has 8 heteroatoms. The lowest BCUT2D eigenvalue weighted by molar-refractivity contribution is -0.122. The van der Waals surface area contributed by atoms with Crippen molar-refractivity contribution in [2.75, 3.05) is 22.9 Å². The Morgan fingerprint density at radius 3 is 2.02 bits per heavy atom. The molecule has 8 rings (SSSR count). The zero-order valence-electron chi connectivity index (χ0n) is 29.1. The Balaban J connectivity index is 1.21. The maximum Gasteiger partial charge on any atom is 0.335 e. The van der Waals surface area contributed by atoms with Crippen LogP contribution in [0.2, 0.25) is 5.02 Å². The lowest BCUT2D eigenvalue weighted by atomic mass is 9.76. The van der Waals surface area contributed by atoms with E-state index in [-0.39, 0.29) is 24.0 Å². The van der Waals surface area contributed by atoms with Crippen LogP contribution in [0.15, 0.2) is 115 Å². The van der Waals surface area contributed by atoms with E-state index < -0.39 is 17.8 Å². The number of imide groups is 2. The second kappa shape index (κ2) is 13.8. The Bertz CT molecular complexity index is 2180. The predicted octanol–water partition coefficient (Wildman–Crippen LogP) is 9.08. The van der Waals surface area contributed by atoms with E-state index in [2.05, 4.69) is 54.4 Å². The molecule has 5 aromatic rings. The van der Waals surface area contributed by atoms with Gasteiger partial charge in [-0.15, -0.1) is 0 Å². The summed E-state index contributed by atoms with van der Waals surface area (Å²) in [5.41, 5.74) is 9.71. The van der Waals surface area contributed by atoms with Crippen molar-refractivity contribution >= 4 is 46.9 Å². The largest absolute Gasteiger partial charge is 0.488 e. The van der Waals surface area contributed by atoms with Gasteiger partial charge in [-0.05, 0) is 102 Å². The molecule has 0 unspecified atom stereocenters. The third kappa shape index (κ3) is 6.26. The molecule has 0 radical (unpaired) electrons. The first kappa shape index (κ1) is 33.5. The number of hydrogen-bond acceptors (Lipinski definition) is 5. The lowest BCUT2D eigenvalue weighted by Gasteiger charge is -2.44. The molecule has 4 amide bonds. The average Bonchev–Trinajstić information content (AvgIpc) is 3.15. The number of anilines is 2. The first-order valence-electron chi connectivity index (χ1n) is 17.7. The average molecular weight is 708 g/mol. The van der Waals surface area contributed by atoms with Crippen LogP contribution in [0.1, 0.15) is 69.2 Å². The van der Waals surface area contributed by atoms with Crippen molar-refractivity contribution in [3.05, 3.63) is 164 Å². The van der Waals surface area contributed by atoms with Gasteiger partial charge in [-0.1, -0.05) is 90.5 Å². The highest BCUT2D eigenvalue weighted by Gasteiger charge is 2.40. The quantitative estimate of drug-likeness (QED) is 0.135. The molecule has 3 aliphatic rings. The Morgan fingerprint density at radius 1 is 0.769 bits per heavy atom. The molecule has 0 saturated carbocycles. The summed E-state index contributed by atoms with van der Waals surface area (Å²) < 4.78 is 6.20. The van der Waals surface area contributed by atoms with Crippen LogP contribution in [0.4, 0.5) is 16.2 Å². The fourth-order valence-corrected chi connectivity index (χ4v) is 8.01. The summed E-state index contributed by atoms with van der Waals surface area (Å²) in [5.74, 6) is -0.889. The Morgan fingerprint density at radius 2 is 1.40 bits per heavy atom. The number of amides is 4. The molecule has 260 valence electrons. The number of rotatable bonds is 7. The number of carbonyl (C=O) groups is 3. The van der Waals surface area contributed by atoms with Crippen molar-refractivity contribution in [3.63, 3.8) is 0 Å². The predicted molar refractivity (Wildman–Crippen MR) is 205 cm³/mol. The van der Waals surface area contributed by atoms with Gasteiger partial charge in [0, 0.05) is 41.2 Å². The van der Waals surface area contributed by atoms with Crippen molar-refractivity contribution < 1.29 is 19.1 Å². The van der Waals surface area contributed by atoms with E-state index in [1.54, 1.807) is 18.2 Å². The summed E-state index contributed by atoms with van der Waals surface area (Å²) >= 11 is 6.42. The number of urea groups is 1. The van der Waals surface area contributed by atoms with Gasteiger partial charge in [-0.2, -0.15) is 0 Å². The number of nitrogens with zero attached hydrogens (tertiary/aromatic N) is 2. The van der Waals surface area contributed by atoms with E-state index in [0.717, 1.165) is 53.1 Å². The zero-order chi connectivity index (χ0) is 35.9. The number of ether oxygens (including phenoxy) is 1. The lowest BCUT2D eigenvalue weighted by Crippen LogP contribution is -2.54. The van der Waals surface area contributed by atoms with Crippen LogP contribution in [-0.2, 0) is 16.2 Å². The molecule has 1 saturated heterocycles. The van der Waals surface area contributed by atoms with E-state index >= 15 is 0 Å². The number of hydrogen-bond donors (Lipinski definition) is 1. The molecule has 0 bridgehead atoms. The normalized spacial score (nSPS) is 19.1. The smallest absolute Gasteiger partial charge is 0.335 e. The van der Waals surface area contributed by atoms with Crippen LogP contribution in [-0.4, -0.2) is 30.9 Å². The monoisotopic (exact) mass is 707 g/mol. The van der Waals surface area contributed by atoms with Gasteiger partial charge in [0.15, 0.2) is 0 Å². The molecule has 2 atom stereocenters. The van der Waals surface area contributed by atoms with Crippen LogP contribution in [0.25, 0.3) is 6.08 Å². The van der Waals surface area contributed by atoms with E-state index in [1.165, 1.54) is 28.5 Å². The van der Waals surface area contributed by atoms with Gasteiger partial charge < -0.3 is 9.64 Å². The maximum absolute atomic E-state index is 14.4. The van der Waals surface area contributed by atoms with Gasteiger partial charge in [-0.3, -0.25) is 14.9 Å². The highest BCUT2D eigenvalue weighted by molar-refractivity contribution is 6.39. The number of nitrogens with one attached hydrogen (secondary N) is 1. The van der Waals surface area contributed by atoms with Gasteiger partial charge in [0.25, 0.3) is 11.8 Å². The van der Waals surface area contributed by atoms with Crippen LogP contribution < -0.4 is 19.9 Å². The van der Waals surface area contributed by atoms with Gasteiger partial charge in [0.2, 0.25) is 0 Å². The molecular formula is C44H38ClN3O4. The summed E-state index contributed by atoms with van der Waals surface area (Å²) in [6.07, 6.45) is 3.27. The van der Waals surface area contributed by atoms with Gasteiger partial charge in [-0.25, -0.2) is 9.69 Å². The number of barbiturate groups is 1. The fourth-order valence-electron chi connectivity index (χ4n) is 7.83. The van der Waals surface area contributed by atoms with Crippen LogP contribution >= 0.6 is 11.6 Å². The molecule has 52 heavy (non-hydrogen) atoms. The van der Waals surface area contributed by atoms with Crippen molar-refractivity contribution in [3.8, 4) is 5.75 Å². The van der Waals surface area contributed by atoms with E-state index in [4.69, 9.17) is 16.3 Å². The van der Waals surface area contributed by atoms with E-state index in [0.29, 0.717) is 22.0 Å². The van der Waals surface area contributed by atoms with Crippen molar-refractivity contribution in [2.45, 2.75) is 45.1 Å². The molecule has 5 aromatic carbocycles. The molecule has 3 heterocycles. The topological polar surface area (TPSA) is 79.0 Å². The van der Waals surface area contributed by atoms with Crippen LogP contribution in [0.3, 0.4) is 0 Å². The van der Waals surface area contributed by atoms with Crippen LogP contribution in [0.5, 0.6) is 5.75 Å². The number of aryl methyl sites for hydroxylation is 2. The highest BCUT2D eigenvalue weighted by atomic mass is 35.5. The van der Waals surface area contributed by atoms with Crippen LogP contribution in [0, 0.1) is 13.8 Å². The number of carbonyl (C=O) groups excluding carboxylic acids is 3. The van der Waals surface area contributed by atoms with Crippen molar-refractivity contribution in [1.82, 2.24) is 5.32 Å². The molecule has 0 spiro atoms. The van der Waals surface area contributed by atoms with E-state index in [1.807, 2.05) is 60.7 Å². The standard InChI is InChI=1S/C44H38ClN3O4/c1-27-13-14-29(21-28(27)2)26-52-40-16-15-33(45)22-32(40)23-39-42(49)46-44(51)48(43(39)50)34-24-37-35(30-9-5-3-6-10-30)17-19-47-20-18-36(38(25-34)41(37)47)31-11-7-4-8-12-31/h3-16,21-25,35-36H,17-20,26H2,1-2H3,(H,46,49,51)/b39-23+/t35-,36-/m1/s1. The third-order valence-corrected chi connectivity index (χ3v) is 10.8. The molecule has 1 fully saturated rings. The molecule has 0 aliphatic carbocycles. The highest BCUT2D eigenvalue weighted by Crippen LogP contribution is 2.50. The summed E-state index contributed by atoms with van der Waals surface area (Å²) in [5, 5.41) is 2.85. The summed E-state index contributed by atoms with van der Waals surface area (Å²) in [4.78, 5) is 45.1. The number of benzene rings is 5. The molecule has 0 aromatic heterocycles. The van der Waals surface area contributed by atoms with Crippen molar-refractivity contribution in [2.24, 2.45) is 0 Å². The van der Waals surface area contributed by atoms with Crippen molar-refractivity contribution in [1.29, 1.82) is 0 Å². The Hall–Kier alpha value is -5.66. The minimum atomic E-state index is -0.785. The second-order valence-corrected chi connectivity index (χ2v) is 14.2. The summed E-state index contributed by atoms with van der Waals surface area (Å²) in [6, 6.07) is 35.1. The third-order valence-electron chi connectivity index (χ3n) is 10.6. The summed E-state index contributed by atoms with van der Waals surface area (Å²) in [6.45, 7) is 6.22. The SMILES string of the molecule is Cc1ccc(COc2ccc(Cl)cc2/C=C2\C(=O)NC(=O)N(c3cc4c5c(c3)[C@@H](c3ccccc3)CCN5CC[C@@H]4c3ccccc3)C2=O)cc1C. The minimum absolute atomic E-state index is 0.0729. The van der Waals surface area contributed by atoms with Gasteiger partial charge in [0.05, 0.1) is 5.69 Å². The summed E-state index contributed by atoms with van der Waals surface area (Å²) in [7, 11) is 0. The molecular weight excluding hydrogens is 670 g/mol. The first-order chi connectivity index (χ1) is 25.2. The number of halogens is 1. The zero-order valence-corrected chi connectivity index (χ0v) is 29.8. The van der Waals surface area contributed by atoms with Gasteiger partial charge in [0.1, 0.15) is 17.9 Å². The fraction of sp³-hybridized carbons (Fsp3) is 0.205. The Kier molecular flexibility index (Phi) is 8.89. The van der Waals surface area contributed by atoms with E-state index in [9.17, 15) is 14.4 Å². The van der Waals surface area contributed by atoms with Gasteiger partial charge >= 0.3 is 6.03 Å². The minimum Gasteiger partial charge on any atom is -0.488 e. The molecule has 7 nitrogen and oxygen atoms in total. The Labute approximate surface area is 308 Å².